The number of aliphatic carboxylic acids is 1. The first-order valence-corrected chi connectivity index (χ1v) is 9.36. The zero-order chi connectivity index (χ0) is 14.4. The maximum absolute atomic E-state index is 10.4. The van der Waals surface area contributed by atoms with Crippen molar-refractivity contribution < 1.29 is 14.3 Å². The number of carboxylic acids is 1. The lowest BCUT2D eigenvalue weighted by molar-refractivity contribution is -0.137. The number of carbonyl (C=O) groups is 1. The summed E-state index contributed by atoms with van der Waals surface area (Å²) in [6.45, 7) is 10.9. The van der Waals surface area contributed by atoms with Crippen LogP contribution in [0.3, 0.4) is 0 Å². The average Bonchev–Trinajstić information content (AvgIpc) is 2.20. The Morgan fingerprint density at radius 1 is 1.39 bits per heavy atom. The van der Waals surface area contributed by atoms with Gasteiger partial charge in [-0.15, -0.1) is 6.42 Å². The van der Waals surface area contributed by atoms with Crippen molar-refractivity contribution in [2.75, 3.05) is 0 Å². The Labute approximate surface area is 112 Å². The normalized spacial score (nSPS) is 14.0. The molecule has 0 saturated carbocycles. The fourth-order valence-electron chi connectivity index (χ4n) is 1.31. The summed E-state index contributed by atoms with van der Waals surface area (Å²) in [6.07, 6.45) is 7.73. The van der Waals surface area contributed by atoms with Crippen molar-refractivity contribution in [1.82, 2.24) is 0 Å². The molecule has 1 atom stereocenters. The number of terminal acetylenes is 1. The molecule has 0 aliphatic rings. The summed E-state index contributed by atoms with van der Waals surface area (Å²) < 4.78 is 6.11. The largest absolute Gasteiger partial charge is 0.481 e. The van der Waals surface area contributed by atoms with Crippen molar-refractivity contribution in [1.29, 1.82) is 0 Å². The quantitative estimate of drug-likeness (QED) is 0.436. The average molecular weight is 270 g/mol. The Hall–Kier alpha value is -0.793. The van der Waals surface area contributed by atoms with Crippen LogP contribution in [0.1, 0.15) is 46.5 Å². The lowest BCUT2D eigenvalue weighted by Crippen LogP contribution is -2.43. The number of hydrogen-bond acceptors (Lipinski definition) is 2. The second-order valence-electron chi connectivity index (χ2n) is 6.17. The molecule has 0 amide bonds. The summed E-state index contributed by atoms with van der Waals surface area (Å²) in [4.78, 5) is 10.4. The fourth-order valence-corrected chi connectivity index (χ4v) is 2.57. The zero-order valence-electron chi connectivity index (χ0n) is 12.2. The van der Waals surface area contributed by atoms with Crippen LogP contribution in [0.2, 0.25) is 18.1 Å². The van der Waals surface area contributed by atoms with Crippen molar-refractivity contribution >= 4 is 14.3 Å². The van der Waals surface area contributed by atoms with E-state index in [0.29, 0.717) is 6.42 Å². The van der Waals surface area contributed by atoms with E-state index < -0.39 is 14.3 Å². The predicted molar refractivity (Wildman–Crippen MR) is 77.0 cm³/mol. The summed E-state index contributed by atoms with van der Waals surface area (Å²) >= 11 is 0. The Morgan fingerprint density at radius 2 is 1.94 bits per heavy atom. The monoisotopic (exact) mass is 270 g/mol. The number of rotatable bonds is 7. The molecule has 104 valence electrons. The van der Waals surface area contributed by atoms with Crippen molar-refractivity contribution in [3.05, 3.63) is 0 Å². The molecular weight excluding hydrogens is 244 g/mol. The van der Waals surface area contributed by atoms with Crippen LogP contribution in [-0.4, -0.2) is 25.5 Å². The smallest absolute Gasteiger partial charge is 0.303 e. The fraction of sp³-hybridized carbons (Fsp3) is 0.786. The summed E-state index contributed by atoms with van der Waals surface area (Å²) in [5.41, 5.74) is 0. The Kier molecular flexibility index (Phi) is 6.65. The van der Waals surface area contributed by atoms with Gasteiger partial charge in [0.1, 0.15) is 6.10 Å². The maximum atomic E-state index is 10.4. The second-order valence-corrected chi connectivity index (χ2v) is 10.9. The van der Waals surface area contributed by atoms with Gasteiger partial charge in [-0.25, -0.2) is 0 Å². The molecule has 0 rings (SSSR count). The maximum Gasteiger partial charge on any atom is 0.303 e. The molecule has 0 fully saturated rings. The highest BCUT2D eigenvalue weighted by molar-refractivity contribution is 6.74. The van der Waals surface area contributed by atoms with Crippen LogP contribution in [0.25, 0.3) is 0 Å². The molecule has 18 heavy (non-hydrogen) atoms. The van der Waals surface area contributed by atoms with Crippen LogP contribution in [0.4, 0.5) is 0 Å². The molecule has 4 heteroatoms. The van der Waals surface area contributed by atoms with Crippen LogP contribution in [0.5, 0.6) is 0 Å². The molecule has 0 saturated heterocycles. The van der Waals surface area contributed by atoms with E-state index in [4.69, 9.17) is 16.0 Å². The minimum atomic E-state index is -1.83. The third-order valence-corrected chi connectivity index (χ3v) is 8.02. The van der Waals surface area contributed by atoms with Crippen molar-refractivity contribution in [3.8, 4) is 12.3 Å². The lowest BCUT2D eigenvalue weighted by Gasteiger charge is -2.38. The van der Waals surface area contributed by atoms with Crippen molar-refractivity contribution in [2.45, 2.75) is 70.7 Å². The van der Waals surface area contributed by atoms with E-state index in [1.165, 1.54) is 0 Å². The molecule has 0 heterocycles. The minimum Gasteiger partial charge on any atom is -0.481 e. The lowest BCUT2D eigenvalue weighted by atomic mass is 10.1. The summed E-state index contributed by atoms with van der Waals surface area (Å²) in [7, 11) is -1.83. The first-order valence-electron chi connectivity index (χ1n) is 6.46. The first-order chi connectivity index (χ1) is 8.10. The molecule has 0 aliphatic heterocycles. The predicted octanol–water partition coefficient (Wildman–Crippen LogP) is 3.66. The summed E-state index contributed by atoms with van der Waals surface area (Å²) in [5, 5.41) is 8.71. The van der Waals surface area contributed by atoms with E-state index in [2.05, 4.69) is 39.8 Å². The van der Waals surface area contributed by atoms with E-state index in [0.717, 1.165) is 12.8 Å². The Bertz CT molecular complexity index is 310. The van der Waals surface area contributed by atoms with Crippen LogP contribution >= 0.6 is 0 Å². The summed E-state index contributed by atoms with van der Waals surface area (Å²) in [5.74, 6) is 1.93. The van der Waals surface area contributed by atoms with Crippen LogP contribution in [0.15, 0.2) is 0 Å². The van der Waals surface area contributed by atoms with Gasteiger partial charge in [-0.2, -0.15) is 0 Å². The Morgan fingerprint density at radius 3 is 2.33 bits per heavy atom. The van der Waals surface area contributed by atoms with E-state index in [1.54, 1.807) is 0 Å². The number of hydrogen-bond donors (Lipinski definition) is 1. The van der Waals surface area contributed by atoms with Gasteiger partial charge >= 0.3 is 5.97 Å². The van der Waals surface area contributed by atoms with Gasteiger partial charge in [0.25, 0.3) is 0 Å². The molecule has 0 bridgehead atoms. The third kappa shape index (κ3) is 6.22. The van der Waals surface area contributed by atoms with Gasteiger partial charge in [0.05, 0.1) is 0 Å². The van der Waals surface area contributed by atoms with Gasteiger partial charge in [-0.05, 0) is 37.4 Å². The molecular formula is C14H26O3Si. The molecule has 1 N–H and O–H groups in total. The zero-order valence-corrected chi connectivity index (χ0v) is 13.2. The highest BCUT2D eigenvalue weighted by atomic mass is 28.4. The number of carboxylic acid groups (broad SMARTS) is 1. The molecule has 0 aromatic heterocycles. The summed E-state index contributed by atoms with van der Waals surface area (Å²) in [6, 6.07) is 0. The van der Waals surface area contributed by atoms with Gasteiger partial charge in [0.15, 0.2) is 8.32 Å². The van der Waals surface area contributed by atoms with Gasteiger partial charge in [-0.1, -0.05) is 26.7 Å². The van der Waals surface area contributed by atoms with Crippen molar-refractivity contribution in [3.63, 3.8) is 0 Å². The topological polar surface area (TPSA) is 46.5 Å². The first kappa shape index (κ1) is 17.2. The van der Waals surface area contributed by atoms with Gasteiger partial charge in [0.2, 0.25) is 0 Å². The van der Waals surface area contributed by atoms with Crippen LogP contribution in [0, 0.1) is 12.3 Å². The molecule has 1 unspecified atom stereocenters. The standard InChI is InChI=1S/C14H26O3Si/c1-7-12(10-8-9-11-13(15)16)17-18(5,6)14(2,3)4/h1,12H,8-11H2,2-6H3,(H,15,16). The molecule has 0 aliphatic carbocycles. The minimum absolute atomic E-state index is 0.142. The van der Waals surface area contributed by atoms with Crippen LogP contribution < -0.4 is 0 Å². The second kappa shape index (κ2) is 6.96. The highest BCUT2D eigenvalue weighted by Crippen LogP contribution is 2.37. The third-order valence-electron chi connectivity index (χ3n) is 3.54. The van der Waals surface area contributed by atoms with E-state index in [1.807, 2.05) is 0 Å². The molecule has 0 aromatic carbocycles. The van der Waals surface area contributed by atoms with Gasteiger partial charge in [-0.3, -0.25) is 4.79 Å². The highest BCUT2D eigenvalue weighted by Gasteiger charge is 2.38. The molecule has 0 aromatic rings. The SMILES string of the molecule is C#CC(CCCCC(=O)O)O[Si](C)(C)C(C)(C)C. The Balaban J connectivity index is 4.21. The molecule has 0 radical (unpaired) electrons. The van der Waals surface area contributed by atoms with Crippen molar-refractivity contribution in [2.24, 2.45) is 0 Å². The van der Waals surface area contributed by atoms with Gasteiger partial charge in [0, 0.05) is 6.42 Å². The molecule has 0 spiro atoms. The van der Waals surface area contributed by atoms with E-state index in [-0.39, 0.29) is 17.6 Å². The van der Waals surface area contributed by atoms with Gasteiger partial charge < -0.3 is 9.53 Å². The molecule has 3 nitrogen and oxygen atoms in total. The number of unbranched alkanes of at least 4 members (excludes halogenated alkanes) is 1. The van der Waals surface area contributed by atoms with E-state index >= 15 is 0 Å². The van der Waals surface area contributed by atoms with Crippen LogP contribution in [-0.2, 0) is 9.22 Å². The van der Waals surface area contributed by atoms with E-state index in [9.17, 15) is 4.79 Å².